The number of rotatable bonds is 6. The number of para-hydroxylation sites is 1. The van der Waals surface area contributed by atoms with E-state index in [2.05, 4.69) is 10.6 Å². The maximum absolute atomic E-state index is 12.9. The van der Waals surface area contributed by atoms with Crippen LogP contribution in [0.4, 0.5) is 10.5 Å². The number of urea groups is 1. The third kappa shape index (κ3) is 6.59. The van der Waals surface area contributed by atoms with Gasteiger partial charge >= 0.3 is 6.03 Å². The minimum Gasteiger partial charge on any atom is -0.343 e. The van der Waals surface area contributed by atoms with Gasteiger partial charge in [0.1, 0.15) is 7.85 Å². The number of carbonyl (C=O) groups is 2. The zero-order valence-electron chi connectivity index (χ0n) is 21.8. The Morgan fingerprint density at radius 2 is 1.77 bits per heavy atom. The smallest absolute Gasteiger partial charge is 0.319 e. The van der Waals surface area contributed by atoms with Crippen molar-refractivity contribution >= 4 is 54.1 Å². The fourth-order valence-electron chi connectivity index (χ4n) is 5.86. The summed E-state index contributed by atoms with van der Waals surface area (Å²) in [5.74, 6) is 0.450. The Morgan fingerprint density at radius 3 is 2.54 bits per heavy atom. The summed E-state index contributed by atoms with van der Waals surface area (Å²) in [6, 6.07) is 14.9. The van der Waals surface area contributed by atoms with Gasteiger partial charge in [0.25, 0.3) is 0 Å². The van der Waals surface area contributed by atoms with Gasteiger partial charge in [0.2, 0.25) is 5.91 Å². The van der Waals surface area contributed by atoms with E-state index in [4.69, 9.17) is 36.0 Å². The Bertz CT molecular complexity index is 1350. The summed E-state index contributed by atoms with van der Waals surface area (Å²) in [5, 5.41) is 6.92. The topological polar surface area (TPSA) is 74.3 Å². The second-order valence-electron chi connectivity index (χ2n) is 10.3. The van der Waals surface area contributed by atoms with Crippen molar-refractivity contribution in [3.8, 4) is 0 Å². The quantitative estimate of drug-likeness (QED) is 0.319. The van der Waals surface area contributed by atoms with Crippen molar-refractivity contribution in [3.63, 3.8) is 0 Å². The van der Waals surface area contributed by atoms with Crippen molar-refractivity contribution in [2.24, 2.45) is 5.92 Å². The molecular weight excluding hydrogens is 530 g/mol. The molecule has 1 aromatic heterocycles. The second kappa shape index (κ2) is 12.4. The molecule has 0 bridgehead atoms. The summed E-state index contributed by atoms with van der Waals surface area (Å²) in [6.45, 7) is 1.81. The number of amides is 3. The van der Waals surface area contributed by atoms with E-state index < -0.39 is 0 Å². The van der Waals surface area contributed by atoms with Crippen LogP contribution in [0.2, 0.25) is 10.0 Å². The van der Waals surface area contributed by atoms with Crippen LogP contribution in [-0.2, 0) is 17.6 Å². The lowest BCUT2D eigenvalue weighted by molar-refractivity contribution is -0.132. The van der Waals surface area contributed by atoms with Crippen LogP contribution in [0.25, 0.3) is 0 Å². The van der Waals surface area contributed by atoms with E-state index in [-0.39, 0.29) is 17.9 Å². The molecule has 2 heterocycles. The van der Waals surface area contributed by atoms with Gasteiger partial charge in [-0.25, -0.2) is 4.79 Å². The van der Waals surface area contributed by atoms with Crippen LogP contribution in [0.3, 0.4) is 0 Å². The Labute approximate surface area is 240 Å². The molecule has 5 rings (SSSR count). The molecule has 1 saturated heterocycles. The summed E-state index contributed by atoms with van der Waals surface area (Å²) in [7, 11) is 6.09. The molecule has 1 aliphatic carbocycles. The number of anilines is 1. The van der Waals surface area contributed by atoms with Crippen molar-refractivity contribution in [3.05, 3.63) is 87.2 Å². The van der Waals surface area contributed by atoms with E-state index in [0.29, 0.717) is 53.9 Å². The fraction of sp³-hybridized carbons (Fsp3) is 0.367. The van der Waals surface area contributed by atoms with Crippen LogP contribution < -0.4 is 16.1 Å². The number of nitrogens with zero attached hydrogens (tertiary/aromatic N) is 2. The normalized spacial score (nSPS) is 17.1. The molecule has 3 amide bonds. The molecule has 1 atom stereocenters. The SMILES string of the molecule is [B]c1cnc2c(c1)CCc1cc(Cl)cc(Cl)c1C2C1CCN(C(=O)CCCNC(=O)Nc2ccccc2)CC1. The first-order chi connectivity index (χ1) is 18.9. The van der Waals surface area contributed by atoms with Gasteiger partial charge in [0.15, 0.2) is 0 Å². The highest BCUT2D eigenvalue weighted by Crippen LogP contribution is 2.45. The number of hydrogen-bond donors (Lipinski definition) is 2. The minimum absolute atomic E-state index is 0.0347. The van der Waals surface area contributed by atoms with E-state index in [0.717, 1.165) is 53.8 Å². The summed E-state index contributed by atoms with van der Waals surface area (Å²) in [5.41, 5.74) is 5.87. The third-order valence-corrected chi connectivity index (χ3v) is 8.25. The highest BCUT2D eigenvalue weighted by atomic mass is 35.5. The first-order valence-electron chi connectivity index (χ1n) is 13.5. The van der Waals surface area contributed by atoms with Crippen LogP contribution in [0.1, 0.15) is 54.0 Å². The van der Waals surface area contributed by atoms with Gasteiger partial charge in [-0.3, -0.25) is 9.78 Å². The molecular formula is C30H31BCl2N4O2. The number of hydrogen-bond acceptors (Lipinski definition) is 3. The van der Waals surface area contributed by atoms with Gasteiger partial charge in [-0.05, 0) is 79.0 Å². The Kier molecular flexibility index (Phi) is 8.78. The van der Waals surface area contributed by atoms with E-state index in [1.54, 1.807) is 6.20 Å². The molecule has 0 spiro atoms. The molecule has 39 heavy (non-hydrogen) atoms. The molecule has 2 aliphatic rings. The predicted molar refractivity (Wildman–Crippen MR) is 157 cm³/mol. The van der Waals surface area contributed by atoms with E-state index in [9.17, 15) is 9.59 Å². The number of aromatic nitrogens is 1. The monoisotopic (exact) mass is 560 g/mol. The molecule has 1 unspecified atom stereocenters. The highest BCUT2D eigenvalue weighted by Gasteiger charge is 2.36. The van der Waals surface area contributed by atoms with E-state index in [1.807, 2.05) is 53.4 Å². The third-order valence-electron chi connectivity index (χ3n) is 7.72. The first kappa shape index (κ1) is 27.5. The molecule has 3 aromatic rings. The van der Waals surface area contributed by atoms with Crippen LogP contribution >= 0.6 is 23.2 Å². The fourth-order valence-corrected chi connectivity index (χ4v) is 6.51. The summed E-state index contributed by atoms with van der Waals surface area (Å²) in [4.78, 5) is 31.7. The molecule has 2 N–H and O–H groups in total. The number of halogens is 2. The lowest BCUT2D eigenvalue weighted by Gasteiger charge is -2.37. The van der Waals surface area contributed by atoms with Crippen molar-refractivity contribution in [1.82, 2.24) is 15.2 Å². The van der Waals surface area contributed by atoms with E-state index in [1.165, 1.54) is 0 Å². The average Bonchev–Trinajstić information content (AvgIpc) is 3.08. The maximum Gasteiger partial charge on any atom is 0.319 e. The summed E-state index contributed by atoms with van der Waals surface area (Å²) >= 11 is 13.2. The number of pyridine rings is 1. The maximum atomic E-state index is 12.9. The number of nitrogens with one attached hydrogen (secondary N) is 2. The molecule has 2 radical (unpaired) electrons. The number of piperidine rings is 1. The van der Waals surface area contributed by atoms with Gasteiger partial charge in [-0.15, -0.1) is 0 Å². The number of carbonyl (C=O) groups excluding carboxylic acids is 2. The zero-order valence-corrected chi connectivity index (χ0v) is 23.3. The van der Waals surface area contributed by atoms with Crippen molar-refractivity contribution in [2.45, 2.75) is 44.4 Å². The number of likely N-dealkylation sites (tertiary alicyclic amines) is 1. The van der Waals surface area contributed by atoms with Gasteiger partial charge in [-0.1, -0.05) is 52.9 Å². The van der Waals surface area contributed by atoms with Crippen molar-refractivity contribution in [1.29, 1.82) is 0 Å². The van der Waals surface area contributed by atoms with Gasteiger partial charge < -0.3 is 15.5 Å². The van der Waals surface area contributed by atoms with Crippen molar-refractivity contribution in [2.75, 3.05) is 25.0 Å². The molecule has 0 saturated carbocycles. The second-order valence-corrected chi connectivity index (χ2v) is 11.2. The zero-order chi connectivity index (χ0) is 27.4. The lowest BCUT2D eigenvalue weighted by Crippen LogP contribution is -2.40. The Morgan fingerprint density at radius 1 is 1.03 bits per heavy atom. The molecule has 200 valence electrons. The van der Waals surface area contributed by atoms with Crippen LogP contribution in [-0.4, -0.2) is 49.3 Å². The lowest BCUT2D eigenvalue weighted by atomic mass is 9.76. The molecule has 1 fully saturated rings. The standard InChI is InChI=1S/C30H31BCl2N4O2/c31-22-15-21-9-8-20-16-23(32)17-25(33)27(20)28(29(21)35-18-22)19-10-13-37(14-11-19)26(38)7-4-12-34-30(39)36-24-5-2-1-3-6-24/h1-3,5-6,15-19,28H,4,7-14H2,(H2,34,36,39). The Balaban J connectivity index is 1.19. The number of aryl methyl sites for hydroxylation is 2. The van der Waals surface area contributed by atoms with Crippen LogP contribution in [0.5, 0.6) is 0 Å². The summed E-state index contributed by atoms with van der Waals surface area (Å²) in [6.07, 6.45) is 6.10. The van der Waals surface area contributed by atoms with Gasteiger partial charge in [0, 0.05) is 53.9 Å². The van der Waals surface area contributed by atoms with Crippen LogP contribution in [0, 0.1) is 5.92 Å². The van der Waals surface area contributed by atoms with Gasteiger partial charge in [0.05, 0.1) is 5.69 Å². The van der Waals surface area contributed by atoms with Crippen molar-refractivity contribution < 1.29 is 9.59 Å². The number of fused-ring (bicyclic) bond motifs is 2. The highest BCUT2D eigenvalue weighted by molar-refractivity contribution is 6.35. The molecule has 1 aliphatic heterocycles. The first-order valence-corrected chi connectivity index (χ1v) is 14.2. The van der Waals surface area contributed by atoms with Gasteiger partial charge in [-0.2, -0.15) is 0 Å². The Hall–Kier alpha value is -3.03. The molecule has 9 heteroatoms. The van der Waals surface area contributed by atoms with E-state index >= 15 is 0 Å². The molecule has 6 nitrogen and oxygen atoms in total. The molecule has 2 aromatic carbocycles. The summed E-state index contributed by atoms with van der Waals surface area (Å²) < 4.78 is 0. The largest absolute Gasteiger partial charge is 0.343 e. The number of benzene rings is 2. The predicted octanol–water partition coefficient (Wildman–Crippen LogP) is 5.25. The average molecular weight is 561 g/mol. The van der Waals surface area contributed by atoms with Crippen LogP contribution in [0.15, 0.2) is 54.7 Å². The minimum atomic E-state index is -0.270.